The normalized spacial score (nSPS) is 13.4. The molecule has 134 valence electrons. The molecular formula is C17H15N3O3S3. The molecule has 6 nitrogen and oxygen atoms in total. The van der Waals surface area contributed by atoms with E-state index in [1.165, 1.54) is 51.4 Å². The summed E-state index contributed by atoms with van der Waals surface area (Å²) in [5.74, 6) is -0.166. The van der Waals surface area contributed by atoms with Gasteiger partial charge < -0.3 is 5.32 Å². The average molecular weight is 406 g/mol. The van der Waals surface area contributed by atoms with Gasteiger partial charge in [-0.2, -0.15) is 0 Å². The smallest absolute Gasteiger partial charge is 0.265 e. The number of hydrogen-bond acceptors (Lipinski definition) is 6. The molecule has 1 aromatic carbocycles. The van der Waals surface area contributed by atoms with Crippen LogP contribution in [-0.2, 0) is 22.9 Å². The fourth-order valence-corrected chi connectivity index (χ4v) is 5.74. The molecular weight excluding hydrogens is 390 g/mol. The van der Waals surface area contributed by atoms with Gasteiger partial charge in [0.2, 0.25) is 0 Å². The lowest BCUT2D eigenvalue weighted by atomic mass is 10.2. The van der Waals surface area contributed by atoms with Crippen LogP contribution in [0.1, 0.15) is 26.5 Å². The van der Waals surface area contributed by atoms with Crippen LogP contribution in [0.5, 0.6) is 0 Å². The van der Waals surface area contributed by atoms with Gasteiger partial charge in [-0.05, 0) is 55.2 Å². The van der Waals surface area contributed by atoms with Crippen LogP contribution in [-0.4, -0.2) is 19.3 Å². The molecule has 1 aliphatic carbocycles. The molecule has 0 saturated heterocycles. The number of rotatable bonds is 5. The first kappa shape index (κ1) is 17.2. The molecule has 2 heterocycles. The highest BCUT2D eigenvalue weighted by Gasteiger charge is 2.19. The Hall–Kier alpha value is -2.23. The molecule has 0 aliphatic heterocycles. The topological polar surface area (TPSA) is 88.2 Å². The number of anilines is 2. The van der Waals surface area contributed by atoms with Crippen molar-refractivity contribution in [3.8, 4) is 0 Å². The Bertz CT molecular complexity index is 1020. The quantitative estimate of drug-likeness (QED) is 0.677. The molecule has 0 bridgehead atoms. The van der Waals surface area contributed by atoms with Crippen molar-refractivity contribution in [1.82, 2.24) is 4.98 Å². The number of thiazole rings is 1. The molecule has 2 aromatic heterocycles. The molecule has 3 aromatic rings. The summed E-state index contributed by atoms with van der Waals surface area (Å²) in [7, 11) is -3.69. The Morgan fingerprint density at radius 1 is 1.15 bits per heavy atom. The summed E-state index contributed by atoms with van der Waals surface area (Å²) >= 11 is 2.74. The van der Waals surface area contributed by atoms with E-state index >= 15 is 0 Å². The van der Waals surface area contributed by atoms with Gasteiger partial charge in [0.25, 0.3) is 15.9 Å². The Labute approximate surface area is 159 Å². The Balaban J connectivity index is 1.46. The Morgan fingerprint density at radius 3 is 2.65 bits per heavy atom. The number of fused-ring (bicyclic) bond motifs is 1. The standard InChI is InChI=1S/C17H15N3O3S3/c21-16(15-10-11-2-1-3-14(11)25-15)19-12-4-6-13(7-5-12)26(22,23)20-17-18-8-9-24-17/h4-10H,1-3H2,(H,18,20)(H,19,21). The average Bonchev–Trinajstić information content (AvgIpc) is 3.31. The summed E-state index contributed by atoms with van der Waals surface area (Å²) in [6.45, 7) is 0. The van der Waals surface area contributed by atoms with Crippen molar-refractivity contribution in [3.63, 3.8) is 0 Å². The maximum Gasteiger partial charge on any atom is 0.265 e. The largest absolute Gasteiger partial charge is 0.321 e. The zero-order valence-electron chi connectivity index (χ0n) is 13.6. The number of hydrogen-bond donors (Lipinski definition) is 2. The van der Waals surface area contributed by atoms with E-state index in [1.54, 1.807) is 17.5 Å². The summed E-state index contributed by atoms with van der Waals surface area (Å²) in [6, 6.07) is 8.03. The molecule has 1 aliphatic rings. The van der Waals surface area contributed by atoms with E-state index in [-0.39, 0.29) is 10.8 Å². The van der Waals surface area contributed by atoms with Crippen LogP contribution in [0.25, 0.3) is 0 Å². The monoisotopic (exact) mass is 405 g/mol. The second-order valence-electron chi connectivity index (χ2n) is 5.83. The summed E-state index contributed by atoms with van der Waals surface area (Å²) in [4.78, 5) is 18.4. The van der Waals surface area contributed by atoms with E-state index in [1.807, 2.05) is 6.07 Å². The van der Waals surface area contributed by atoms with Gasteiger partial charge in [-0.15, -0.1) is 22.7 Å². The first-order valence-corrected chi connectivity index (χ1v) is 11.1. The van der Waals surface area contributed by atoms with Crippen molar-refractivity contribution in [2.75, 3.05) is 10.0 Å². The molecule has 0 atom stereocenters. The summed E-state index contributed by atoms with van der Waals surface area (Å²) in [5, 5.41) is 4.82. The predicted octanol–water partition coefficient (Wildman–Crippen LogP) is 3.75. The molecule has 0 fully saturated rings. The molecule has 0 radical (unpaired) electrons. The predicted molar refractivity (Wildman–Crippen MR) is 104 cm³/mol. The van der Waals surface area contributed by atoms with Gasteiger partial charge >= 0.3 is 0 Å². The minimum atomic E-state index is -3.69. The number of aromatic nitrogens is 1. The zero-order chi connectivity index (χ0) is 18.1. The van der Waals surface area contributed by atoms with Crippen molar-refractivity contribution in [3.05, 3.63) is 57.2 Å². The highest BCUT2D eigenvalue weighted by atomic mass is 32.2. The number of nitrogens with one attached hydrogen (secondary N) is 2. The van der Waals surface area contributed by atoms with Crippen molar-refractivity contribution < 1.29 is 13.2 Å². The maximum atomic E-state index is 12.4. The summed E-state index contributed by atoms with van der Waals surface area (Å²) < 4.78 is 27.0. The number of thiophene rings is 1. The van der Waals surface area contributed by atoms with Crippen LogP contribution in [0.4, 0.5) is 10.8 Å². The second kappa shape index (κ2) is 6.82. The summed E-state index contributed by atoms with van der Waals surface area (Å²) in [5.41, 5.74) is 1.83. The minimum Gasteiger partial charge on any atom is -0.321 e. The van der Waals surface area contributed by atoms with Crippen molar-refractivity contribution >= 4 is 49.4 Å². The van der Waals surface area contributed by atoms with E-state index in [0.29, 0.717) is 15.7 Å². The van der Waals surface area contributed by atoms with E-state index in [9.17, 15) is 13.2 Å². The third-order valence-corrected chi connectivity index (χ3v) is 7.46. The van der Waals surface area contributed by atoms with Gasteiger partial charge in [-0.1, -0.05) is 0 Å². The first-order chi connectivity index (χ1) is 12.5. The lowest BCUT2D eigenvalue weighted by Gasteiger charge is -2.07. The molecule has 0 saturated carbocycles. The highest BCUT2D eigenvalue weighted by Crippen LogP contribution is 2.31. The minimum absolute atomic E-state index is 0.112. The molecule has 26 heavy (non-hydrogen) atoms. The third-order valence-electron chi connectivity index (χ3n) is 4.05. The molecule has 0 unspecified atom stereocenters. The maximum absolute atomic E-state index is 12.4. The van der Waals surface area contributed by atoms with Crippen LogP contribution in [0.15, 0.2) is 46.8 Å². The lowest BCUT2D eigenvalue weighted by Crippen LogP contribution is -2.13. The summed E-state index contributed by atoms with van der Waals surface area (Å²) in [6.07, 6.45) is 4.78. The SMILES string of the molecule is O=C(Nc1ccc(S(=O)(=O)Nc2nccs2)cc1)c1cc2c(s1)CCC2. The van der Waals surface area contributed by atoms with Gasteiger partial charge in [0.1, 0.15) is 0 Å². The van der Waals surface area contributed by atoms with Gasteiger partial charge in [0.15, 0.2) is 5.13 Å². The van der Waals surface area contributed by atoms with Crippen LogP contribution >= 0.6 is 22.7 Å². The number of benzene rings is 1. The zero-order valence-corrected chi connectivity index (χ0v) is 16.0. The number of carbonyl (C=O) groups is 1. The van der Waals surface area contributed by atoms with E-state index in [2.05, 4.69) is 15.0 Å². The van der Waals surface area contributed by atoms with Crippen molar-refractivity contribution in [2.45, 2.75) is 24.2 Å². The molecule has 1 amide bonds. The van der Waals surface area contributed by atoms with E-state index in [0.717, 1.165) is 19.3 Å². The molecule has 0 spiro atoms. The Morgan fingerprint density at radius 2 is 1.96 bits per heavy atom. The third kappa shape index (κ3) is 3.50. The number of amides is 1. The lowest BCUT2D eigenvalue weighted by molar-refractivity contribution is 0.103. The number of sulfonamides is 1. The fraction of sp³-hybridized carbons (Fsp3) is 0.176. The van der Waals surface area contributed by atoms with Gasteiger partial charge in [-0.3, -0.25) is 9.52 Å². The van der Waals surface area contributed by atoms with Crippen LogP contribution in [0, 0.1) is 0 Å². The van der Waals surface area contributed by atoms with Gasteiger partial charge in [0.05, 0.1) is 9.77 Å². The first-order valence-electron chi connectivity index (χ1n) is 7.96. The van der Waals surface area contributed by atoms with E-state index in [4.69, 9.17) is 0 Å². The second-order valence-corrected chi connectivity index (χ2v) is 9.55. The molecule has 2 N–H and O–H groups in total. The van der Waals surface area contributed by atoms with Gasteiger partial charge in [-0.25, -0.2) is 13.4 Å². The molecule has 4 rings (SSSR count). The number of nitrogens with zero attached hydrogens (tertiary/aromatic N) is 1. The highest BCUT2D eigenvalue weighted by molar-refractivity contribution is 7.93. The van der Waals surface area contributed by atoms with Crippen LogP contribution < -0.4 is 10.0 Å². The number of aryl methyl sites for hydroxylation is 2. The van der Waals surface area contributed by atoms with E-state index < -0.39 is 10.0 Å². The van der Waals surface area contributed by atoms with Crippen molar-refractivity contribution in [1.29, 1.82) is 0 Å². The molecule has 9 heteroatoms. The van der Waals surface area contributed by atoms with Crippen molar-refractivity contribution in [2.24, 2.45) is 0 Å². The van der Waals surface area contributed by atoms with Crippen LogP contribution in [0.2, 0.25) is 0 Å². The Kier molecular flexibility index (Phi) is 4.51. The van der Waals surface area contributed by atoms with Crippen LogP contribution in [0.3, 0.4) is 0 Å². The fourth-order valence-electron chi connectivity index (χ4n) is 2.80. The number of carbonyl (C=O) groups excluding carboxylic acids is 1. The van der Waals surface area contributed by atoms with Gasteiger partial charge in [0, 0.05) is 22.1 Å².